The number of likely N-dealkylation sites (tertiary alicyclic amines) is 1. The second kappa shape index (κ2) is 7.15. The number of benzene rings is 1. The summed E-state index contributed by atoms with van der Waals surface area (Å²) >= 11 is -0.230. The van der Waals surface area contributed by atoms with E-state index in [0.29, 0.717) is 25.6 Å². The summed E-state index contributed by atoms with van der Waals surface area (Å²) in [5.41, 5.74) is -4.09. The molecule has 1 aliphatic heterocycles. The highest BCUT2D eigenvalue weighted by molar-refractivity contribution is 8.00. The normalized spacial score (nSPS) is 20.7. The largest absolute Gasteiger partial charge is 0.446 e. The number of carbonyl (C=O) groups excluding carboxylic acids is 2. The lowest BCUT2D eigenvalue weighted by Gasteiger charge is -2.16. The summed E-state index contributed by atoms with van der Waals surface area (Å²) < 4.78 is 37.2. The molecule has 1 aromatic carbocycles. The molecule has 2 N–H and O–H groups in total. The van der Waals surface area contributed by atoms with Gasteiger partial charge in [0, 0.05) is 42.1 Å². The minimum Gasteiger partial charge on any atom is -0.339 e. The Bertz CT molecular complexity index is 664. The summed E-state index contributed by atoms with van der Waals surface area (Å²) in [7, 11) is 0. The van der Waals surface area contributed by atoms with Crippen molar-refractivity contribution >= 4 is 29.4 Å². The number of nitrogens with one attached hydrogen (secondary N) is 2. The molecule has 1 aromatic rings. The second-order valence-electron chi connectivity index (χ2n) is 6.26. The van der Waals surface area contributed by atoms with Crippen LogP contribution in [0.2, 0.25) is 0 Å². The zero-order valence-electron chi connectivity index (χ0n) is 13.3. The lowest BCUT2D eigenvalue weighted by Crippen LogP contribution is -2.34. The maximum absolute atomic E-state index is 12.4. The molecule has 3 amide bonds. The van der Waals surface area contributed by atoms with Crippen LogP contribution in [0.3, 0.4) is 0 Å². The number of hydrogen-bond donors (Lipinski definition) is 2. The Labute approximate surface area is 147 Å². The fraction of sp³-hybridized carbons (Fsp3) is 0.500. The van der Waals surface area contributed by atoms with Crippen molar-refractivity contribution in [3.63, 3.8) is 0 Å². The van der Waals surface area contributed by atoms with Crippen LogP contribution >= 0.6 is 11.8 Å². The summed E-state index contributed by atoms with van der Waals surface area (Å²) in [6.07, 6.45) is 2.53. The average Bonchev–Trinajstić information content (AvgIpc) is 3.27. The second-order valence-corrected chi connectivity index (χ2v) is 7.40. The van der Waals surface area contributed by atoms with E-state index < -0.39 is 11.5 Å². The van der Waals surface area contributed by atoms with Gasteiger partial charge in [0.25, 0.3) is 0 Å². The molecule has 1 aliphatic carbocycles. The van der Waals surface area contributed by atoms with Gasteiger partial charge in [0.15, 0.2) is 0 Å². The number of hydrogen-bond acceptors (Lipinski definition) is 3. The molecule has 0 unspecified atom stereocenters. The van der Waals surface area contributed by atoms with E-state index in [1.54, 1.807) is 0 Å². The number of urea groups is 1. The molecule has 0 radical (unpaired) electrons. The average molecular weight is 373 g/mol. The summed E-state index contributed by atoms with van der Waals surface area (Å²) in [5.74, 6) is 0.206. The minimum absolute atomic E-state index is 0.00626. The third-order valence-corrected chi connectivity index (χ3v) is 4.82. The molecule has 136 valence electrons. The van der Waals surface area contributed by atoms with Crippen LogP contribution in [0.15, 0.2) is 29.2 Å². The van der Waals surface area contributed by atoms with E-state index in [-0.39, 0.29) is 34.2 Å². The van der Waals surface area contributed by atoms with Crippen molar-refractivity contribution in [2.24, 2.45) is 5.92 Å². The van der Waals surface area contributed by atoms with Crippen molar-refractivity contribution in [3.05, 3.63) is 24.3 Å². The van der Waals surface area contributed by atoms with Crippen LogP contribution in [0.25, 0.3) is 0 Å². The van der Waals surface area contributed by atoms with Crippen molar-refractivity contribution in [1.82, 2.24) is 10.2 Å². The van der Waals surface area contributed by atoms with E-state index in [1.165, 1.54) is 24.3 Å². The molecule has 0 aromatic heterocycles. The molecule has 1 heterocycles. The van der Waals surface area contributed by atoms with Gasteiger partial charge in [-0.3, -0.25) is 4.79 Å². The van der Waals surface area contributed by atoms with Crippen LogP contribution < -0.4 is 10.6 Å². The molecule has 9 heteroatoms. The zero-order chi connectivity index (χ0) is 18.0. The molecule has 25 heavy (non-hydrogen) atoms. The molecule has 0 spiro atoms. The molecule has 2 aliphatic rings. The number of carbonyl (C=O) groups is 2. The van der Waals surface area contributed by atoms with E-state index in [2.05, 4.69) is 10.6 Å². The SMILES string of the molecule is O=C(NC[C@H]1CC(=O)N(C2CC2)C1)Nc1cccc(SC(F)(F)F)c1. The fourth-order valence-corrected chi connectivity index (χ4v) is 3.47. The minimum atomic E-state index is -4.37. The van der Waals surface area contributed by atoms with Gasteiger partial charge in [-0.15, -0.1) is 0 Å². The highest BCUT2D eigenvalue weighted by Gasteiger charge is 2.39. The number of alkyl halides is 3. The van der Waals surface area contributed by atoms with E-state index in [1.807, 2.05) is 4.90 Å². The van der Waals surface area contributed by atoms with Crippen LogP contribution in [0, 0.1) is 5.92 Å². The number of anilines is 1. The van der Waals surface area contributed by atoms with Gasteiger partial charge in [0.1, 0.15) is 0 Å². The van der Waals surface area contributed by atoms with Gasteiger partial charge < -0.3 is 15.5 Å². The van der Waals surface area contributed by atoms with Crippen LogP contribution in [-0.4, -0.2) is 41.5 Å². The molecular weight excluding hydrogens is 355 g/mol. The molecule has 5 nitrogen and oxygen atoms in total. The molecule has 1 atom stereocenters. The summed E-state index contributed by atoms with van der Waals surface area (Å²) in [6, 6.07) is 5.45. The van der Waals surface area contributed by atoms with E-state index in [0.717, 1.165) is 12.8 Å². The highest BCUT2D eigenvalue weighted by Crippen LogP contribution is 2.37. The fourth-order valence-electron chi connectivity index (χ4n) is 2.87. The lowest BCUT2D eigenvalue weighted by atomic mass is 10.1. The van der Waals surface area contributed by atoms with Crippen molar-refractivity contribution in [1.29, 1.82) is 0 Å². The third-order valence-electron chi connectivity index (χ3n) is 4.10. The van der Waals surface area contributed by atoms with Crippen molar-refractivity contribution in [2.75, 3.05) is 18.4 Å². The number of rotatable bonds is 5. The van der Waals surface area contributed by atoms with E-state index >= 15 is 0 Å². The van der Waals surface area contributed by atoms with Gasteiger partial charge >= 0.3 is 11.5 Å². The molecular formula is C16H18F3N3O2S. The van der Waals surface area contributed by atoms with Gasteiger partial charge in [-0.1, -0.05) is 6.07 Å². The Morgan fingerprint density at radius 3 is 2.76 bits per heavy atom. The highest BCUT2D eigenvalue weighted by atomic mass is 32.2. The number of halogens is 3. The van der Waals surface area contributed by atoms with E-state index in [9.17, 15) is 22.8 Å². The standard InChI is InChI=1S/C16H18F3N3O2S/c17-16(18,19)25-13-3-1-2-11(7-13)21-15(24)20-8-10-6-14(23)22(9-10)12-4-5-12/h1-3,7,10,12H,4-6,8-9H2,(H2,20,21,24)/t10-/m1/s1. The molecule has 2 fully saturated rings. The van der Waals surface area contributed by atoms with Gasteiger partial charge in [-0.25, -0.2) is 4.79 Å². The lowest BCUT2D eigenvalue weighted by molar-refractivity contribution is -0.128. The smallest absolute Gasteiger partial charge is 0.339 e. The maximum Gasteiger partial charge on any atom is 0.446 e. The van der Waals surface area contributed by atoms with Crippen LogP contribution in [0.4, 0.5) is 23.7 Å². The van der Waals surface area contributed by atoms with Gasteiger partial charge in [0.2, 0.25) is 5.91 Å². The Hall–Kier alpha value is -1.90. The maximum atomic E-state index is 12.4. The Kier molecular flexibility index (Phi) is 5.12. The predicted octanol–water partition coefficient (Wildman–Crippen LogP) is 3.43. The molecule has 0 bridgehead atoms. The summed E-state index contributed by atoms with van der Waals surface area (Å²) in [5, 5.41) is 5.20. The van der Waals surface area contributed by atoms with Gasteiger partial charge in [-0.2, -0.15) is 13.2 Å². The monoisotopic (exact) mass is 373 g/mol. The first kappa shape index (κ1) is 17.9. The summed E-state index contributed by atoms with van der Waals surface area (Å²) in [4.78, 5) is 25.7. The van der Waals surface area contributed by atoms with E-state index in [4.69, 9.17) is 0 Å². The molecule has 3 rings (SSSR count). The van der Waals surface area contributed by atoms with Crippen molar-refractivity contribution < 1.29 is 22.8 Å². The van der Waals surface area contributed by atoms with Crippen LogP contribution in [0.5, 0.6) is 0 Å². The summed E-state index contributed by atoms with van der Waals surface area (Å²) in [6.45, 7) is 1.01. The van der Waals surface area contributed by atoms with Crippen molar-refractivity contribution in [2.45, 2.75) is 35.7 Å². The molecule has 1 saturated carbocycles. The van der Waals surface area contributed by atoms with Crippen LogP contribution in [-0.2, 0) is 4.79 Å². The van der Waals surface area contributed by atoms with Gasteiger partial charge in [0.05, 0.1) is 0 Å². The first-order chi connectivity index (χ1) is 11.8. The Morgan fingerprint density at radius 1 is 1.32 bits per heavy atom. The number of nitrogens with zero attached hydrogens (tertiary/aromatic N) is 1. The number of amides is 3. The van der Waals surface area contributed by atoms with Crippen molar-refractivity contribution in [3.8, 4) is 0 Å². The van der Waals surface area contributed by atoms with Gasteiger partial charge in [-0.05, 0) is 42.8 Å². The first-order valence-electron chi connectivity index (χ1n) is 8.00. The van der Waals surface area contributed by atoms with Crippen LogP contribution in [0.1, 0.15) is 19.3 Å². The Morgan fingerprint density at radius 2 is 2.08 bits per heavy atom. The number of thioether (sulfide) groups is 1. The first-order valence-corrected chi connectivity index (χ1v) is 8.82. The quantitative estimate of drug-likeness (QED) is 0.778. The third kappa shape index (κ3) is 5.29. The Balaban J connectivity index is 1.46. The zero-order valence-corrected chi connectivity index (χ0v) is 14.1. The molecule has 1 saturated heterocycles. The predicted molar refractivity (Wildman–Crippen MR) is 88.2 cm³/mol. The topological polar surface area (TPSA) is 61.4 Å².